The number of likely N-dealkylation sites (tertiary alicyclic amines) is 1. The second-order valence-corrected chi connectivity index (χ2v) is 10.8. The quantitative estimate of drug-likeness (QED) is 0.506. The first-order valence-electron chi connectivity index (χ1n) is 13.9. The van der Waals surface area contributed by atoms with Gasteiger partial charge in [-0.05, 0) is 76.6 Å². The minimum Gasteiger partial charge on any atom is -0.369 e. The molecule has 4 rings (SSSR count). The Morgan fingerprint density at radius 2 is 1.85 bits per heavy atom. The summed E-state index contributed by atoms with van der Waals surface area (Å²) >= 11 is 0. The summed E-state index contributed by atoms with van der Waals surface area (Å²) in [7, 11) is 2.13. The second-order valence-electron chi connectivity index (χ2n) is 10.8. The van der Waals surface area contributed by atoms with Crippen molar-refractivity contribution in [1.29, 1.82) is 0 Å². The SMILES string of the molecule is C=CC(=O)N1CCC(N(CC)c2cc(N3CCN(C)CC3)cc(C(=O)NCc3c(C)cc(C)[nH]c3=O)c2C)C1. The number of amides is 2. The number of likely N-dealkylation sites (N-methyl/N-ethyl adjacent to an activating group) is 2. The van der Waals surface area contributed by atoms with Crippen molar-refractivity contribution < 1.29 is 9.59 Å². The normalized spacial score (nSPS) is 17.8. The van der Waals surface area contributed by atoms with Gasteiger partial charge in [0.05, 0.1) is 0 Å². The average molecular weight is 535 g/mol. The summed E-state index contributed by atoms with van der Waals surface area (Å²) in [6, 6.07) is 6.27. The Bertz CT molecular complexity index is 1290. The number of aromatic amines is 1. The van der Waals surface area contributed by atoms with E-state index in [9.17, 15) is 14.4 Å². The highest BCUT2D eigenvalue weighted by atomic mass is 16.2. The van der Waals surface area contributed by atoms with E-state index in [2.05, 4.69) is 51.6 Å². The van der Waals surface area contributed by atoms with Crippen LogP contribution in [0.5, 0.6) is 0 Å². The molecule has 0 radical (unpaired) electrons. The van der Waals surface area contributed by atoms with Gasteiger partial charge in [0, 0.05) is 86.6 Å². The lowest BCUT2D eigenvalue weighted by atomic mass is 10.0. The minimum atomic E-state index is -0.199. The van der Waals surface area contributed by atoms with Crippen LogP contribution in [0, 0.1) is 20.8 Å². The molecular weight excluding hydrogens is 492 g/mol. The molecule has 3 heterocycles. The van der Waals surface area contributed by atoms with Crippen molar-refractivity contribution in [3.8, 4) is 0 Å². The summed E-state index contributed by atoms with van der Waals surface area (Å²) in [5, 5.41) is 3.01. The zero-order chi connectivity index (χ0) is 28.3. The first-order chi connectivity index (χ1) is 18.6. The number of H-pyrrole nitrogens is 1. The number of aryl methyl sites for hydroxylation is 2. The fourth-order valence-corrected chi connectivity index (χ4v) is 5.78. The molecule has 2 aliphatic rings. The molecule has 0 saturated carbocycles. The number of hydrogen-bond acceptors (Lipinski definition) is 6. The maximum Gasteiger partial charge on any atom is 0.253 e. The molecule has 2 saturated heterocycles. The van der Waals surface area contributed by atoms with Crippen LogP contribution in [0.1, 0.15) is 46.1 Å². The minimum absolute atomic E-state index is 0.0436. The second kappa shape index (κ2) is 12.1. The number of pyridine rings is 1. The van der Waals surface area contributed by atoms with E-state index in [1.807, 2.05) is 37.8 Å². The topological polar surface area (TPSA) is 92.0 Å². The Kier molecular flexibility index (Phi) is 8.80. The van der Waals surface area contributed by atoms with Crippen LogP contribution >= 0.6 is 0 Å². The first kappa shape index (κ1) is 28.4. The first-order valence-corrected chi connectivity index (χ1v) is 13.9. The molecule has 0 spiro atoms. The van der Waals surface area contributed by atoms with Crippen molar-refractivity contribution in [3.63, 3.8) is 0 Å². The molecule has 2 amide bonds. The molecule has 1 unspecified atom stereocenters. The van der Waals surface area contributed by atoms with Gasteiger partial charge in [-0.3, -0.25) is 14.4 Å². The lowest BCUT2D eigenvalue weighted by Crippen LogP contribution is -2.45. The monoisotopic (exact) mass is 534 g/mol. The molecule has 39 heavy (non-hydrogen) atoms. The number of rotatable bonds is 8. The van der Waals surface area contributed by atoms with Crippen LogP contribution in [0.4, 0.5) is 11.4 Å². The molecule has 1 aromatic carbocycles. The number of aromatic nitrogens is 1. The van der Waals surface area contributed by atoms with E-state index in [0.717, 1.165) is 67.3 Å². The fraction of sp³-hybridized carbons (Fsp3) is 0.500. The number of anilines is 2. The van der Waals surface area contributed by atoms with Gasteiger partial charge in [-0.1, -0.05) is 6.58 Å². The van der Waals surface area contributed by atoms with Crippen molar-refractivity contribution in [2.24, 2.45) is 0 Å². The average Bonchev–Trinajstić information content (AvgIpc) is 3.39. The molecule has 1 aromatic heterocycles. The third-order valence-electron chi connectivity index (χ3n) is 8.14. The van der Waals surface area contributed by atoms with Crippen molar-refractivity contribution >= 4 is 23.2 Å². The molecule has 0 bridgehead atoms. The van der Waals surface area contributed by atoms with Crippen LogP contribution in [-0.2, 0) is 11.3 Å². The van der Waals surface area contributed by atoms with E-state index in [0.29, 0.717) is 24.2 Å². The van der Waals surface area contributed by atoms with Gasteiger partial charge in [0.1, 0.15) is 0 Å². The van der Waals surface area contributed by atoms with Gasteiger partial charge in [-0.2, -0.15) is 0 Å². The lowest BCUT2D eigenvalue weighted by Gasteiger charge is -2.37. The number of nitrogens with one attached hydrogen (secondary N) is 2. The highest BCUT2D eigenvalue weighted by Crippen LogP contribution is 2.33. The van der Waals surface area contributed by atoms with E-state index >= 15 is 0 Å². The smallest absolute Gasteiger partial charge is 0.253 e. The predicted octanol–water partition coefficient (Wildman–Crippen LogP) is 2.60. The van der Waals surface area contributed by atoms with Gasteiger partial charge in [0.2, 0.25) is 5.91 Å². The zero-order valence-corrected chi connectivity index (χ0v) is 24.0. The summed E-state index contributed by atoms with van der Waals surface area (Å²) in [6.07, 6.45) is 2.24. The predicted molar refractivity (Wildman–Crippen MR) is 157 cm³/mol. The van der Waals surface area contributed by atoms with Crippen LogP contribution in [-0.4, -0.2) is 85.5 Å². The Balaban J connectivity index is 1.67. The van der Waals surface area contributed by atoms with Gasteiger partial charge in [-0.25, -0.2) is 0 Å². The van der Waals surface area contributed by atoms with Crippen LogP contribution in [0.2, 0.25) is 0 Å². The highest BCUT2D eigenvalue weighted by Gasteiger charge is 2.31. The van der Waals surface area contributed by atoms with Crippen LogP contribution in [0.15, 0.2) is 35.6 Å². The summed E-state index contributed by atoms with van der Waals surface area (Å²) in [4.78, 5) is 50.1. The van der Waals surface area contributed by atoms with Crippen LogP contribution < -0.4 is 20.7 Å². The van der Waals surface area contributed by atoms with Gasteiger partial charge in [-0.15, -0.1) is 0 Å². The third-order valence-corrected chi connectivity index (χ3v) is 8.14. The van der Waals surface area contributed by atoms with E-state index < -0.39 is 0 Å². The molecular formula is C30H42N6O3. The van der Waals surface area contributed by atoms with Gasteiger partial charge in [0.15, 0.2) is 0 Å². The number of piperazine rings is 1. The van der Waals surface area contributed by atoms with E-state index in [1.165, 1.54) is 6.08 Å². The van der Waals surface area contributed by atoms with Crippen LogP contribution in [0.25, 0.3) is 0 Å². The lowest BCUT2D eigenvalue weighted by molar-refractivity contribution is -0.125. The molecule has 2 aliphatic heterocycles. The summed E-state index contributed by atoms with van der Waals surface area (Å²) in [5.41, 5.74) is 5.59. The molecule has 9 nitrogen and oxygen atoms in total. The largest absolute Gasteiger partial charge is 0.369 e. The zero-order valence-electron chi connectivity index (χ0n) is 24.0. The molecule has 210 valence electrons. The highest BCUT2D eigenvalue weighted by molar-refractivity contribution is 5.98. The Labute approximate surface area is 231 Å². The summed E-state index contributed by atoms with van der Waals surface area (Å²) in [5.74, 6) is -0.243. The van der Waals surface area contributed by atoms with Crippen molar-refractivity contribution in [2.45, 2.75) is 46.7 Å². The standard InChI is InChI=1S/C30H42N6O3/c1-7-28(37)35-10-9-23(19-35)36(8-2)27-17-24(34-13-11-33(6)12-14-34)16-25(22(27)5)29(38)31-18-26-20(3)15-21(4)32-30(26)39/h7,15-17,23H,1,8-14,18-19H2,2-6H3,(H,31,38)(H,32,39). The van der Waals surface area contributed by atoms with E-state index in [1.54, 1.807) is 0 Å². The van der Waals surface area contributed by atoms with Crippen molar-refractivity contribution in [2.75, 3.05) is 62.7 Å². The van der Waals surface area contributed by atoms with Gasteiger partial charge in [0.25, 0.3) is 11.5 Å². The number of carbonyl (C=O) groups excluding carboxylic acids is 2. The van der Waals surface area contributed by atoms with E-state index in [4.69, 9.17) is 0 Å². The molecule has 0 aliphatic carbocycles. The molecule has 2 N–H and O–H groups in total. The molecule has 2 aromatic rings. The third kappa shape index (κ3) is 6.19. The van der Waals surface area contributed by atoms with Gasteiger partial charge >= 0.3 is 0 Å². The van der Waals surface area contributed by atoms with Crippen molar-refractivity contribution in [3.05, 3.63) is 69.2 Å². The van der Waals surface area contributed by atoms with E-state index in [-0.39, 0.29) is 30.0 Å². The maximum absolute atomic E-state index is 13.6. The maximum atomic E-state index is 13.6. The number of hydrogen-bond donors (Lipinski definition) is 2. The Morgan fingerprint density at radius 1 is 1.13 bits per heavy atom. The molecule has 9 heteroatoms. The molecule has 1 atom stereocenters. The number of nitrogens with zero attached hydrogens (tertiary/aromatic N) is 4. The number of carbonyl (C=O) groups is 2. The fourth-order valence-electron chi connectivity index (χ4n) is 5.78. The van der Waals surface area contributed by atoms with Crippen LogP contribution in [0.3, 0.4) is 0 Å². The Hall–Kier alpha value is -3.59. The number of benzene rings is 1. The Morgan fingerprint density at radius 3 is 2.49 bits per heavy atom. The summed E-state index contributed by atoms with van der Waals surface area (Å²) in [6.45, 7) is 17.4. The molecule has 2 fully saturated rings. The van der Waals surface area contributed by atoms with Crippen molar-refractivity contribution in [1.82, 2.24) is 20.1 Å². The van der Waals surface area contributed by atoms with Gasteiger partial charge < -0.3 is 29.9 Å². The summed E-state index contributed by atoms with van der Waals surface area (Å²) < 4.78 is 0.